The minimum absolute atomic E-state index is 0.0378. The predicted molar refractivity (Wildman–Crippen MR) is 144 cm³/mol. The van der Waals surface area contributed by atoms with Crippen LogP contribution < -0.4 is 4.74 Å². The van der Waals surface area contributed by atoms with E-state index in [0.29, 0.717) is 28.3 Å². The average Bonchev–Trinajstić information content (AvgIpc) is 3.37. The minimum atomic E-state index is -0.0378. The Bertz CT molecular complexity index is 1180. The van der Waals surface area contributed by atoms with Gasteiger partial charge in [-0.05, 0) is 61.2 Å². The molecule has 1 fully saturated rings. The molecule has 1 aliphatic rings. The molecule has 7 heteroatoms. The van der Waals surface area contributed by atoms with E-state index in [1.165, 1.54) is 11.8 Å². The molecule has 3 aromatic rings. The zero-order chi connectivity index (χ0) is 24.1. The minimum Gasteiger partial charge on any atom is -0.494 e. The first-order chi connectivity index (χ1) is 16.5. The van der Waals surface area contributed by atoms with Crippen molar-refractivity contribution in [3.63, 3.8) is 0 Å². The molecule has 0 N–H and O–H groups in total. The van der Waals surface area contributed by atoms with Crippen LogP contribution in [0.5, 0.6) is 5.75 Å². The first-order valence-corrected chi connectivity index (χ1v) is 12.8. The van der Waals surface area contributed by atoms with Gasteiger partial charge in [-0.2, -0.15) is 5.10 Å². The number of amides is 1. The molecule has 5 nitrogen and oxygen atoms in total. The van der Waals surface area contributed by atoms with E-state index in [9.17, 15) is 4.79 Å². The summed E-state index contributed by atoms with van der Waals surface area (Å²) >= 11 is 6.79. The van der Waals surface area contributed by atoms with Gasteiger partial charge < -0.3 is 4.74 Å². The van der Waals surface area contributed by atoms with Gasteiger partial charge in [0.1, 0.15) is 10.1 Å². The van der Waals surface area contributed by atoms with Crippen LogP contribution in [0, 0.1) is 5.92 Å². The molecule has 1 saturated heterocycles. The van der Waals surface area contributed by atoms with Gasteiger partial charge in [0.15, 0.2) is 0 Å². The Hall–Kier alpha value is -2.90. The van der Waals surface area contributed by atoms with Crippen LogP contribution in [-0.4, -0.2) is 38.1 Å². The molecule has 0 radical (unpaired) electrons. The maximum absolute atomic E-state index is 12.9. The molecule has 0 atom stereocenters. The number of rotatable bonds is 9. The Labute approximate surface area is 210 Å². The van der Waals surface area contributed by atoms with Crippen LogP contribution >= 0.6 is 24.0 Å². The fourth-order valence-corrected chi connectivity index (χ4v) is 4.91. The van der Waals surface area contributed by atoms with Gasteiger partial charge >= 0.3 is 0 Å². The Morgan fingerprint density at radius 2 is 1.85 bits per heavy atom. The lowest BCUT2D eigenvalue weighted by Gasteiger charge is -2.11. The SMILES string of the molecule is CCCN1C(=O)/C(=C/c2cn(-c3ccccc3)nc2-c2ccc(OCCC(C)C)cc2)SC1=S. The second kappa shape index (κ2) is 11.0. The highest BCUT2D eigenvalue weighted by Gasteiger charge is 2.31. The summed E-state index contributed by atoms with van der Waals surface area (Å²) in [6.07, 6.45) is 5.75. The number of hydrogen-bond donors (Lipinski definition) is 0. The summed E-state index contributed by atoms with van der Waals surface area (Å²) in [6.45, 7) is 7.75. The van der Waals surface area contributed by atoms with Gasteiger partial charge in [0.2, 0.25) is 0 Å². The fourth-order valence-electron chi connectivity index (χ4n) is 3.61. The van der Waals surface area contributed by atoms with Crippen molar-refractivity contribution in [1.82, 2.24) is 14.7 Å². The summed E-state index contributed by atoms with van der Waals surface area (Å²) in [5.41, 5.74) is 3.59. The molecular weight excluding hydrogens is 462 g/mol. The van der Waals surface area contributed by atoms with Gasteiger partial charge in [0.25, 0.3) is 5.91 Å². The highest BCUT2D eigenvalue weighted by Crippen LogP contribution is 2.35. The van der Waals surface area contributed by atoms with E-state index in [-0.39, 0.29) is 5.91 Å². The second-order valence-electron chi connectivity index (χ2n) is 8.60. The first-order valence-electron chi connectivity index (χ1n) is 11.6. The highest BCUT2D eigenvalue weighted by molar-refractivity contribution is 8.26. The Kier molecular flexibility index (Phi) is 7.85. The van der Waals surface area contributed by atoms with Gasteiger partial charge in [0.05, 0.1) is 22.9 Å². The molecule has 1 aromatic heterocycles. The maximum atomic E-state index is 12.9. The van der Waals surface area contributed by atoms with E-state index in [1.54, 1.807) is 4.90 Å². The lowest BCUT2D eigenvalue weighted by atomic mass is 10.1. The van der Waals surface area contributed by atoms with E-state index >= 15 is 0 Å². The number of benzene rings is 2. The molecule has 176 valence electrons. The highest BCUT2D eigenvalue weighted by atomic mass is 32.2. The van der Waals surface area contributed by atoms with Gasteiger partial charge in [0, 0.05) is 23.9 Å². The van der Waals surface area contributed by atoms with Crippen LogP contribution in [0.3, 0.4) is 0 Å². The van der Waals surface area contributed by atoms with Gasteiger partial charge in [-0.3, -0.25) is 9.69 Å². The number of carbonyl (C=O) groups excluding carboxylic acids is 1. The third-order valence-corrected chi connectivity index (χ3v) is 6.84. The van der Waals surface area contributed by atoms with Crippen molar-refractivity contribution >= 4 is 40.3 Å². The lowest BCUT2D eigenvalue weighted by Crippen LogP contribution is -2.28. The predicted octanol–water partition coefficient (Wildman–Crippen LogP) is 6.58. The number of ether oxygens (including phenoxy) is 1. The van der Waals surface area contributed by atoms with Crippen LogP contribution in [0.1, 0.15) is 39.2 Å². The molecule has 0 unspecified atom stereocenters. The monoisotopic (exact) mass is 491 g/mol. The molecule has 1 amide bonds. The summed E-state index contributed by atoms with van der Waals surface area (Å²) in [5, 5.41) is 4.87. The third-order valence-electron chi connectivity index (χ3n) is 5.46. The van der Waals surface area contributed by atoms with Gasteiger partial charge in [-0.15, -0.1) is 0 Å². The quantitative estimate of drug-likeness (QED) is 0.250. The van der Waals surface area contributed by atoms with Crippen molar-refractivity contribution in [1.29, 1.82) is 0 Å². The molecule has 0 bridgehead atoms. The summed E-state index contributed by atoms with van der Waals surface area (Å²) < 4.78 is 8.33. The molecule has 0 saturated carbocycles. The zero-order valence-corrected chi connectivity index (χ0v) is 21.4. The Morgan fingerprint density at radius 3 is 2.53 bits per heavy atom. The second-order valence-corrected chi connectivity index (χ2v) is 10.3. The van der Waals surface area contributed by atoms with Crippen molar-refractivity contribution in [2.24, 2.45) is 5.92 Å². The van der Waals surface area contributed by atoms with Crippen LogP contribution in [0.15, 0.2) is 65.7 Å². The van der Waals surface area contributed by atoms with E-state index in [2.05, 4.69) is 13.8 Å². The zero-order valence-electron chi connectivity index (χ0n) is 19.7. The number of nitrogens with zero attached hydrogens (tertiary/aromatic N) is 3. The molecule has 2 heterocycles. The average molecular weight is 492 g/mol. The van der Waals surface area contributed by atoms with Gasteiger partial charge in [-0.1, -0.05) is 63.0 Å². The van der Waals surface area contributed by atoms with Crippen LogP contribution in [0.25, 0.3) is 23.0 Å². The van der Waals surface area contributed by atoms with Gasteiger partial charge in [-0.25, -0.2) is 4.68 Å². The Morgan fingerprint density at radius 1 is 1.12 bits per heavy atom. The van der Waals surface area contributed by atoms with E-state index in [1.807, 2.05) is 78.5 Å². The number of aromatic nitrogens is 2. The topological polar surface area (TPSA) is 47.4 Å². The largest absolute Gasteiger partial charge is 0.494 e. The van der Waals surface area contributed by atoms with Crippen LogP contribution in [0.2, 0.25) is 0 Å². The smallest absolute Gasteiger partial charge is 0.266 e. The molecule has 2 aromatic carbocycles. The molecular formula is C27H29N3O2S2. The lowest BCUT2D eigenvalue weighted by molar-refractivity contribution is -0.122. The molecule has 4 rings (SSSR count). The number of carbonyl (C=O) groups is 1. The number of thiocarbonyl (C=S) groups is 1. The normalized spacial score (nSPS) is 15.1. The van der Waals surface area contributed by atoms with E-state index < -0.39 is 0 Å². The molecule has 0 aliphatic carbocycles. The van der Waals surface area contributed by atoms with Crippen molar-refractivity contribution in [3.8, 4) is 22.7 Å². The summed E-state index contributed by atoms with van der Waals surface area (Å²) in [6, 6.07) is 17.9. The molecule has 34 heavy (non-hydrogen) atoms. The molecule has 0 spiro atoms. The van der Waals surface area contributed by atoms with Crippen LogP contribution in [-0.2, 0) is 4.79 Å². The number of para-hydroxylation sites is 1. The van der Waals surface area contributed by atoms with E-state index in [0.717, 1.165) is 41.1 Å². The fraction of sp³-hybridized carbons (Fsp3) is 0.296. The van der Waals surface area contributed by atoms with Crippen molar-refractivity contribution < 1.29 is 9.53 Å². The molecule has 1 aliphatic heterocycles. The van der Waals surface area contributed by atoms with Crippen LogP contribution in [0.4, 0.5) is 0 Å². The maximum Gasteiger partial charge on any atom is 0.266 e. The van der Waals surface area contributed by atoms with Crippen molar-refractivity contribution in [2.45, 2.75) is 33.6 Å². The Balaban J connectivity index is 1.67. The summed E-state index contributed by atoms with van der Waals surface area (Å²) in [5.74, 6) is 1.41. The van der Waals surface area contributed by atoms with Crippen molar-refractivity contribution in [2.75, 3.05) is 13.2 Å². The third kappa shape index (κ3) is 5.59. The summed E-state index contributed by atoms with van der Waals surface area (Å²) in [7, 11) is 0. The number of hydrogen-bond acceptors (Lipinski definition) is 5. The summed E-state index contributed by atoms with van der Waals surface area (Å²) in [4.78, 5) is 15.2. The first kappa shape index (κ1) is 24.2. The van der Waals surface area contributed by atoms with E-state index in [4.69, 9.17) is 22.1 Å². The standard InChI is InChI=1S/C27H29N3O2S2/c1-4-15-29-26(31)24(34-27(29)33)17-21-18-30(22-8-6-5-7-9-22)28-25(21)20-10-12-23(13-11-20)32-16-14-19(2)3/h5-13,17-19H,4,14-16H2,1-3H3/b24-17-. The van der Waals surface area contributed by atoms with Crippen molar-refractivity contribution in [3.05, 3.63) is 71.3 Å². The number of thioether (sulfide) groups is 1.